The molecular weight excluding hydrogens is 433 g/mol. The molecule has 3 N–H and O–H groups in total. The maximum atomic E-state index is 14.5. The second kappa shape index (κ2) is 8.20. The number of ether oxygens (including phenoxy) is 1. The summed E-state index contributed by atoms with van der Waals surface area (Å²) < 4.78 is 75.8. The number of aliphatic carboxylic acids is 1. The Morgan fingerprint density at radius 3 is 2.50 bits per heavy atom. The van der Waals surface area contributed by atoms with Gasteiger partial charge < -0.3 is 15.6 Å². The highest BCUT2D eigenvalue weighted by molar-refractivity contribution is 5.80. The molecular formula is C23H20F5NO3. The van der Waals surface area contributed by atoms with Crippen LogP contribution in [0.5, 0.6) is 5.75 Å². The van der Waals surface area contributed by atoms with Gasteiger partial charge in [0.1, 0.15) is 23.2 Å². The van der Waals surface area contributed by atoms with Crippen molar-refractivity contribution in [2.24, 2.45) is 5.73 Å². The maximum absolute atomic E-state index is 14.5. The first-order chi connectivity index (χ1) is 15.1. The van der Waals surface area contributed by atoms with Gasteiger partial charge in [-0.3, -0.25) is 4.79 Å². The fourth-order valence-electron chi connectivity index (χ4n) is 4.32. The van der Waals surface area contributed by atoms with E-state index in [9.17, 15) is 31.9 Å². The van der Waals surface area contributed by atoms with Crippen LogP contribution in [0.2, 0.25) is 0 Å². The average molecular weight is 453 g/mol. The number of allylic oxidation sites excluding steroid dienone is 5. The highest BCUT2D eigenvalue weighted by Crippen LogP contribution is 2.47. The smallest absolute Gasteiger partial charge is 0.324 e. The zero-order chi connectivity index (χ0) is 23.2. The molecule has 0 heterocycles. The normalized spacial score (nSPS) is 30.5. The maximum Gasteiger partial charge on any atom is 0.324 e. The summed E-state index contributed by atoms with van der Waals surface area (Å²) in [6.45, 7) is 0. The molecule has 0 bridgehead atoms. The second-order valence-electron chi connectivity index (χ2n) is 8.19. The third-order valence-corrected chi connectivity index (χ3v) is 6.12. The predicted molar refractivity (Wildman–Crippen MR) is 106 cm³/mol. The van der Waals surface area contributed by atoms with Gasteiger partial charge in [-0.05, 0) is 36.1 Å². The van der Waals surface area contributed by atoms with Gasteiger partial charge in [0.2, 0.25) is 0 Å². The van der Waals surface area contributed by atoms with Crippen LogP contribution in [0.4, 0.5) is 22.0 Å². The minimum atomic E-state index is -2.75. The van der Waals surface area contributed by atoms with Gasteiger partial charge >= 0.3 is 5.97 Å². The molecule has 0 aromatic heterocycles. The van der Waals surface area contributed by atoms with E-state index < -0.39 is 53.0 Å². The number of halogens is 5. The average Bonchev–Trinajstić information content (AvgIpc) is 2.77. The van der Waals surface area contributed by atoms with E-state index in [0.717, 1.165) is 5.57 Å². The van der Waals surface area contributed by atoms with Crippen molar-refractivity contribution in [1.29, 1.82) is 0 Å². The van der Waals surface area contributed by atoms with Gasteiger partial charge in [0.05, 0.1) is 5.92 Å². The lowest BCUT2D eigenvalue weighted by Crippen LogP contribution is -2.50. The van der Waals surface area contributed by atoms with Crippen molar-refractivity contribution in [3.8, 4) is 5.75 Å². The van der Waals surface area contributed by atoms with Gasteiger partial charge in [0, 0.05) is 18.4 Å². The van der Waals surface area contributed by atoms with Gasteiger partial charge in [0.25, 0.3) is 0 Å². The molecule has 0 aliphatic heterocycles. The number of benzene rings is 1. The summed E-state index contributed by atoms with van der Waals surface area (Å²) in [5.74, 6) is -11.2. The zero-order valence-electron chi connectivity index (χ0n) is 16.8. The molecule has 1 aromatic rings. The standard InChI is InChI=1S/C23H20F5NO3/c24-17-16(18(25)20(27)21(28)19(17)26)14-3-1-2-4-15(14)32-13-6-5-11-7-8-23(29,22(30)31)10-12(11)9-13/h1-5,9,13,16-17H,6-8,10,29H2,(H,30,31). The van der Waals surface area contributed by atoms with Crippen molar-refractivity contribution < 1.29 is 36.6 Å². The van der Waals surface area contributed by atoms with E-state index in [2.05, 4.69) is 0 Å². The zero-order valence-corrected chi connectivity index (χ0v) is 16.8. The van der Waals surface area contributed by atoms with Gasteiger partial charge in [0.15, 0.2) is 23.7 Å². The molecule has 9 heteroatoms. The van der Waals surface area contributed by atoms with E-state index in [1.165, 1.54) is 24.3 Å². The first kappa shape index (κ1) is 22.3. The van der Waals surface area contributed by atoms with Crippen LogP contribution >= 0.6 is 0 Å². The molecule has 1 aromatic carbocycles. The highest BCUT2D eigenvalue weighted by atomic mass is 19.2. The summed E-state index contributed by atoms with van der Waals surface area (Å²) >= 11 is 0. The molecule has 4 unspecified atom stereocenters. The molecule has 0 radical (unpaired) electrons. The molecule has 0 amide bonds. The molecule has 32 heavy (non-hydrogen) atoms. The van der Waals surface area contributed by atoms with Crippen LogP contribution in [0.1, 0.15) is 37.2 Å². The van der Waals surface area contributed by atoms with Crippen LogP contribution in [-0.4, -0.2) is 28.9 Å². The van der Waals surface area contributed by atoms with E-state index in [4.69, 9.17) is 10.5 Å². The number of rotatable bonds is 4. The number of hydrogen-bond acceptors (Lipinski definition) is 3. The first-order valence-corrected chi connectivity index (χ1v) is 10.0. The Morgan fingerprint density at radius 1 is 1.09 bits per heavy atom. The van der Waals surface area contributed by atoms with Gasteiger partial charge in [-0.15, -0.1) is 0 Å². The Kier molecular flexibility index (Phi) is 5.70. The lowest BCUT2D eigenvalue weighted by atomic mass is 9.74. The van der Waals surface area contributed by atoms with Crippen LogP contribution in [-0.2, 0) is 4.79 Å². The lowest BCUT2D eigenvalue weighted by Gasteiger charge is -2.35. The van der Waals surface area contributed by atoms with Crippen molar-refractivity contribution in [1.82, 2.24) is 0 Å². The third-order valence-electron chi connectivity index (χ3n) is 6.12. The van der Waals surface area contributed by atoms with Crippen molar-refractivity contribution in [2.45, 2.75) is 49.4 Å². The van der Waals surface area contributed by atoms with Crippen LogP contribution in [0.3, 0.4) is 0 Å². The van der Waals surface area contributed by atoms with E-state index >= 15 is 0 Å². The molecule has 0 saturated heterocycles. The summed E-state index contributed by atoms with van der Waals surface area (Å²) in [4.78, 5) is 11.5. The summed E-state index contributed by atoms with van der Waals surface area (Å²) in [6, 6.07) is 5.58. The van der Waals surface area contributed by atoms with E-state index in [-0.39, 0.29) is 17.7 Å². The number of fused-ring (bicyclic) bond motifs is 1. The third kappa shape index (κ3) is 3.74. The SMILES string of the molecule is NC1(C(=O)O)CCC2=CCC(Oc3ccccc3C3C(F)=C(F)C(F)=C(F)C3F)C=C2C1. The topological polar surface area (TPSA) is 72.6 Å². The molecule has 4 nitrogen and oxygen atoms in total. The number of carbonyl (C=O) groups is 1. The number of carboxylic acids is 1. The van der Waals surface area contributed by atoms with Gasteiger partial charge in [-0.25, -0.2) is 22.0 Å². The molecule has 1 fully saturated rings. The molecule has 1 saturated carbocycles. The molecule has 4 rings (SSSR count). The van der Waals surface area contributed by atoms with E-state index in [0.29, 0.717) is 24.8 Å². The monoisotopic (exact) mass is 453 g/mol. The van der Waals surface area contributed by atoms with E-state index in [1.807, 2.05) is 6.08 Å². The number of hydrogen-bond donors (Lipinski definition) is 2. The van der Waals surface area contributed by atoms with Crippen molar-refractivity contribution in [2.75, 3.05) is 0 Å². The fourth-order valence-corrected chi connectivity index (χ4v) is 4.32. The van der Waals surface area contributed by atoms with Gasteiger partial charge in [-0.1, -0.05) is 24.3 Å². The van der Waals surface area contributed by atoms with Crippen molar-refractivity contribution in [3.05, 3.63) is 76.4 Å². The summed E-state index contributed by atoms with van der Waals surface area (Å²) in [7, 11) is 0. The Bertz CT molecular complexity index is 1090. The summed E-state index contributed by atoms with van der Waals surface area (Å²) in [5.41, 5.74) is 6.10. The molecule has 4 atom stereocenters. The fraction of sp³-hybridized carbons (Fsp3) is 0.348. The van der Waals surface area contributed by atoms with Crippen LogP contribution in [0.25, 0.3) is 0 Å². The first-order valence-electron chi connectivity index (χ1n) is 10.0. The largest absolute Gasteiger partial charge is 0.486 e. The Balaban J connectivity index is 1.62. The molecule has 3 aliphatic rings. The molecule has 170 valence electrons. The number of carboxylic acid groups (broad SMARTS) is 1. The number of alkyl halides is 1. The Morgan fingerprint density at radius 2 is 1.78 bits per heavy atom. The van der Waals surface area contributed by atoms with Crippen molar-refractivity contribution >= 4 is 5.97 Å². The van der Waals surface area contributed by atoms with Crippen molar-refractivity contribution in [3.63, 3.8) is 0 Å². The quantitative estimate of drug-likeness (QED) is 0.600. The number of nitrogens with two attached hydrogens (primary N) is 1. The van der Waals surface area contributed by atoms with E-state index in [1.54, 1.807) is 6.08 Å². The minimum Gasteiger partial charge on any atom is -0.486 e. The van der Waals surface area contributed by atoms with Gasteiger partial charge in [-0.2, -0.15) is 0 Å². The predicted octanol–water partition coefficient (Wildman–Crippen LogP) is 5.39. The Labute approximate surface area is 180 Å². The minimum absolute atomic E-state index is 0.0232. The number of para-hydroxylation sites is 1. The lowest BCUT2D eigenvalue weighted by molar-refractivity contribution is -0.143. The van der Waals surface area contributed by atoms with Crippen LogP contribution in [0.15, 0.2) is 70.9 Å². The van der Waals surface area contributed by atoms with Crippen LogP contribution < -0.4 is 10.5 Å². The Hall–Kier alpha value is -2.94. The molecule has 0 spiro atoms. The van der Waals surface area contributed by atoms with Crippen LogP contribution in [0, 0.1) is 0 Å². The summed E-state index contributed by atoms with van der Waals surface area (Å²) in [6.07, 6.45) is 1.52. The second-order valence-corrected chi connectivity index (χ2v) is 8.19. The molecule has 3 aliphatic carbocycles. The highest BCUT2D eigenvalue weighted by Gasteiger charge is 2.43. The summed E-state index contributed by atoms with van der Waals surface area (Å²) in [5, 5.41) is 9.41.